The Kier molecular flexibility index (Phi) is 4.10. The lowest BCUT2D eigenvalue weighted by Crippen LogP contribution is -1.96. The Balaban J connectivity index is 0.000000147. The third-order valence-corrected chi connectivity index (χ3v) is 6.65. The average Bonchev–Trinajstić information content (AvgIpc) is 2.83. The van der Waals surface area contributed by atoms with Crippen LogP contribution in [-0.2, 0) is 0 Å². The van der Waals surface area contributed by atoms with Gasteiger partial charge in [0, 0.05) is 11.1 Å². The monoisotopic (exact) mass is 401 g/mol. The molecule has 0 aliphatic carbocycles. The second-order valence-corrected chi connectivity index (χ2v) is 8.39. The first-order valence-electron chi connectivity index (χ1n) is 10.1. The standard InChI is InChI=1S/C20H12.C8H7NS/c1-5-13-6-2-11-17-18-12-4-8-14-7-3-10-16(20(14)18)15(9-1)19(13)17;1-2-4-8-7(3-1)5-6-9-10-8/h1-12H;1-6,9H. The van der Waals surface area contributed by atoms with Crippen molar-refractivity contribution in [1.82, 2.24) is 4.72 Å². The van der Waals surface area contributed by atoms with E-state index in [1.165, 1.54) is 53.5 Å². The van der Waals surface area contributed by atoms with Crippen LogP contribution in [-0.4, -0.2) is 0 Å². The smallest absolute Gasteiger partial charge is 0.0357 e. The van der Waals surface area contributed by atoms with Crippen LogP contribution in [0.15, 0.2) is 108 Å². The molecule has 1 heterocycles. The van der Waals surface area contributed by atoms with Crippen LogP contribution in [0.4, 0.5) is 0 Å². The summed E-state index contributed by atoms with van der Waals surface area (Å²) in [5, 5.41) is 10.9. The molecule has 142 valence electrons. The van der Waals surface area contributed by atoms with Crippen LogP contribution >= 0.6 is 11.9 Å². The van der Waals surface area contributed by atoms with Crippen LogP contribution in [0, 0.1) is 0 Å². The van der Waals surface area contributed by atoms with Crippen molar-refractivity contribution >= 4 is 61.1 Å². The average molecular weight is 402 g/mol. The van der Waals surface area contributed by atoms with Crippen LogP contribution < -0.4 is 4.72 Å². The van der Waals surface area contributed by atoms with Crippen molar-refractivity contribution in [3.63, 3.8) is 0 Å². The maximum atomic E-state index is 3.08. The molecule has 0 aromatic heterocycles. The fourth-order valence-corrected chi connectivity index (χ4v) is 5.18. The lowest BCUT2D eigenvalue weighted by molar-refractivity contribution is 1.32. The van der Waals surface area contributed by atoms with Crippen LogP contribution in [0.3, 0.4) is 0 Å². The summed E-state index contributed by atoms with van der Waals surface area (Å²) in [6.45, 7) is 0. The molecule has 6 aromatic rings. The molecule has 6 aromatic carbocycles. The summed E-state index contributed by atoms with van der Waals surface area (Å²) in [6.07, 6.45) is 4.03. The van der Waals surface area contributed by atoms with Crippen LogP contribution in [0.2, 0.25) is 0 Å². The second kappa shape index (κ2) is 7.08. The summed E-state index contributed by atoms with van der Waals surface area (Å²) in [7, 11) is 0. The quantitative estimate of drug-likeness (QED) is 0.157. The molecule has 7 rings (SSSR count). The highest BCUT2D eigenvalue weighted by Gasteiger charge is 2.11. The molecule has 0 unspecified atom stereocenters. The molecule has 0 bridgehead atoms. The van der Waals surface area contributed by atoms with E-state index in [0.29, 0.717) is 0 Å². The van der Waals surface area contributed by atoms with Gasteiger partial charge < -0.3 is 4.72 Å². The third kappa shape index (κ3) is 2.72. The van der Waals surface area contributed by atoms with Crippen molar-refractivity contribution in [2.75, 3.05) is 0 Å². The van der Waals surface area contributed by atoms with E-state index in [2.05, 4.69) is 102 Å². The van der Waals surface area contributed by atoms with Crippen LogP contribution in [0.5, 0.6) is 0 Å². The zero-order chi connectivity index (χ0) is 19.9. The van der Waals surface area contributed by atoms with Gasteiger partial charge >= 0.3 is 0 Å². The molecular weight excluding hydrogens is 382 g/mol. The molecule has 0 saturated carbocycles. The fraction of sp³-hybridized carbons (Fsp3) is 0. The van der Waals surface area contributed by atoms with Gasteiger partial charge in [-0.15, -0.1) is 0 Å². The molecule has 0 saturated heterocycles. The summed E-state index contributed by atoms with van der Waals surface area (Å²) in [5.74, 6) is 0. The normalized spacial score (nSPS) is 12.7. The summed E-state index contributed by atoms with van der Waals surface area (Å²) in [4.78, 5) is 1.30. The predicted molar refractivity (Wildman–Crippen MR) is 132 cm³/mol. The van der Waals surface area contributed by atoms with E-state index < -0.39 is 0 Å². The molecule has 0 radical (unpaired) electrons. The van der Waals surface area contributed by atoms with Crippen LogP contribution in [0.25, 0.3) is 49.2 Å². The van der Waals surface area contributed by atoms with Gasteiger partial charge in [-0.2, -0.15) is 0 Å². The van der Waals surface area contributed by atoms with E-state index in [1.54, 1.807) is 11.9 Å². The van der Waals surface area contributed by atoms with E-state index in [0.717, 1.165) is 0 Å². The van der Waals surface area contributed by atoms with E-state index >= 15 is 0 Å². The maximum Gasteiger partial charge on any atom is 0.0357 e. The molecule has 2 heteroatoms. The van der Waals surface area contributed by atoms with Crippen molar-refractivity contribution in [2.45, 2.75) is 4.90 Å². The number of nitrogens with one attached hydrogen (secondary N) is 1. The summed E-state index contributed by atoms with van der Waals surface area (Å²) < 4.78 is 3.08. The second-order valence-electron chi connectivity index (χ2n) is 7.51. The number of rotatable bonds is 0. The molecule has 0 amide bonds. The number of fused-ring (bicyclic) bond motifs is 3. The van der Waals surface area contributed by atoms with Gasteiger partial charge in [-0.05, 0) is 72.7 Å². The Morgan fingerprint density at radius 3 is 1.50 bits per heavy atom. The fourth-order valence-electron chi connectivity index (χ4n) is 4.51. The van der Waals surface area contributed by atoms with Gasteiger partial charge in [0.25, 0.3) is 0 Å². The molecule has 0 spiro atoms. The largest absolute Gasteiger partial charge is 0.332 e. The van der Waals surface area contributed by atoms with Gasteiger partial charge in [-0.3, -0.25) is 0 Å². The van der Waals surface area contributed by atoms with E-state index in [9.17, 15) is 0 Å². The molecule has 0 fully saturated rings. The minimum atomic E-state index is 1.30. The summed E-state index contributed by atoms with van der Waals surface area (Å²) in [5.41, 5.74) is 1.30. The Labute approximate surface area is 179 Å². The highest BCUT2D eigenvalue weighted by molar-refractivity contribution is 7.97. The van der Waals surface area contributed by atoms with Gasteiger partial charge in [-0.1, -0.05) is 91.0 Å². The zero-order valence-corrected chi connectivity index (χ0v) is 17.1. The Morgan fingerprint density at radius 2 is 1.00 bits per heavy atom. The Bertz CT molecular complexity index is 1380. The first-order valence-corrected chi connectivity index (χ1v) is 10.9. The predicted octanol–water partition coefficient (Wildman–Crippen LogP) is 8.00. The molecule has 1 aliphatic heterocycles. The Hall–Kier alpha value is -3.49. The number of benzene rings is 6. The molecule has 30 heavy (non-hydrogen) atoms. The summed E-state index contributed by atoms with van der Waals surface area (Å²) >= 11 is 1.65. The number of hydrogen-bond donors (Lipinski definition) is 1. The zero-order valence-electron chi connectivity index (χ0n) is 16.3. The first-order chi connectivity index (χ1) is 14.9. The van der Waals surface area contributed by atoms with E-state index in [-0.39, 0.29) is 0 Å². The molecule has 0 atom stereocenters. The van der Waals surface area contributed by atoms with Crippen molar-refractivity contribution in [1.29, 1.82) is 0 Å². The SMILES string of the molecule is C1=Cc2ccccc2SN1.c1cc2cccc3c4cccc5cccc(c(c1)c23)c54. The highest BCUT2D eigenvalue weighted by atomic mass is 32.2. The van der Waals surface area contributed by atoms with Crippen molar-refractivity contribution in [3.05, 3.63) is 109 Å². The Morgan fingerprint density at radius 1 is 0.500 bits per heavy atom. The van der Waals surface area contributed by atoms with Crippen molar-refractivity contribution in [2.24, 2.45) is 0 Å². The maximum absolute atomic E-state index is 3.08. The van der Waals surface area contributed by atoms with Gasteiger partial charge in [0.1, 0.15) is 0 Å². The lowest BCUT2D eigenvalue weighted by atomic mass is 9.90. The van der Waals surface area contributed by atoms with E-state index in [4.69, 9.17) is 0 Å². The lowest BCUT2D eigenvalue weighted by Gasteiger charge is -2.13. The van der Waals surface area contributed by atoms with Crippen LogP contribution in [0.1, 0.15) is 5.56 Å². The topological polar surface area (TPSA) is 12.0 Å². The molecule has 1 aliphatic rings. The van der Waals surface area contributed by atoms with Crippen molar-refractivity contribution in [3.8, 4) is 0 Å². The van der Waals surface area contributed by atoms with Gasteiger partial charge in [-0.25, -0.2) is 0 Å². The summed E-state index contributed by atoms with van der Waals surface area (Å²) in [6, 6.07) is 34.8. The third-order valence-electron chi connectivity index (χ3n) is 5.81. The van der Waals surface area contributed by atoms with E-state index in [1.807, 2.05) is 12.3 Å². The molecule has 1 N–H and O–H groups in total. The van der Waals surface area contributed by atoms with Gasteiger partial charge in [0.15, 0.2) is 0 Å². The molecular formula is C28H19NS. The minimum Gasteiger partial charge on any atom is -0.332 e. The van der Waals surface area contributed by atoms with Gasteiger partial charge in [0.2, 0.25) is 0 Å². The minimum absolute atomic E-state index is 1.30. The number of hydrogen-bond acceptors (Lipinski definition) is 2. The highest BCUT2D eigenvalue weighted by Crippen LogP contribution is 2.39. The van der Waals surface area contributed by atoms with Crippen molar-refractivity contribution < 1.29 is 0 Å². The molecule has 1 nitrogen and oxygen atoms in total. The first kappa shape index (κ1) is 17.4. The van der Waals surface area contributed by atoms with Gasteiger partial charge in [0.05, 0.1) is 0 Å².